The van der Waals surface area contributed by atoms with E-state index in [2.05, 4.69) is 187 Å². The van der Waals surface area contributed by atoms with Gasteiger partial charge in [0, 0.05) is 49.4 Å². The summed E-state index contributed by atoms with van der Waals surface area (Å²) in [6, 6.07) is 50.1. The number of hydrogen-bond acceptors (Lipinski definition) is 0. The third kappa shape index (κ3) is 4.51. The summed E-state index contributed by atoms with van der Waals surface area (Å²) in [6.45, 7) is 4.73. The zero-order valence-corrected chi connectivity index (χ0v) is 30.2. The van der Waals surface area contributed by atoms with Gasteiger partial charge in [-0.05, 0) is 107 Å². The number of nitrogens with zero attached hydrogens (tertiary/aromatic N) is 2. The molecule has 6 aromatic carbocycles. The molecule has 2 nitrogen and oxygen atoms in total. The first kappa shape index (κ1) is 30.5. The highest BCUT2D eigenvalue weighted by atomic mass is 15.0. The summed E-state index contributed by atoms with van der Waals surface area (Å²) < 4.78 is 4.95. The van der Waals surface area contributed by atoms with E-state index in [-0.39, 0.29) is 11.3 Å². The third-order valence-electron chi connectivity index (χ3n) is 12.3. The molecule has 0 saturated heterocycles. The molecule has 2 aromatic heterocycles. The molecule has 0 bridgehead atoms. The Bertz CT molecular complexity index is 3010. The maximum absolute atomic E-state index is 2.53. The summed E-state index contributed by atoms with van der Waals surface area (Å²) in [5, 5.41) is 6.55. The van der Waals surface area contributed by atoms with Crippen molar-refractivity contribution in [3.63, 3.8) is 0 Å². The lowest BCUT2D eigenvalue weighted by Gasteiger charge is -2.22. The number of aromatic nitrogens is 2. The van der Waals surface area contributed by atoms with Crippen LogP contribution in [0, 0.1) is 0 Å². The molecule has 0 aliphatic heterocycles. The molecule has 0 spiro atoms. The van der Waals surface area contributed by atoms with E-state index in [9.17, 15) is 0 Å². The zero-order chi connectivity index (χ0) is 35.3. The lowest BCUT2D eigenvalue weighted by molar-refractivity contribution is 0.660. The summed E-state index contributed by atoms with van der Waals surface area (Å²) in [5.41, 5.74) is 15.6. The Morgan fingerprint density at radius 2 is 1.32 bits per heavy atom. The fraction of sp³-hybridized carbons (Fsp3) is 0.137. The molecule has 11 rings (SSSR count). The Hall–Kier alpha value is -6.12. The number of benzene rings is 6. The van der Waals surface area contributed by atoms with Crippen LogP contribution in [0.5, 0.6) is 0 Å². The molecule has 8 aromatic rings. The van der Waals surface area contributed by atoms with Crippen LogP contribution in [-0.2, 0) is 5.41 Å². The SMILES string of the molecule is CC1(C)c2ccccc2-c2ccc(-n3c4ccccc4c4cc(C5C=c6c(n(-c7cccc(C8=CCCC=C8)c7)c7ccccc67)=CC5)ccc43)cc21. The van der Waals surface area contributed by atoms with Crippen LogP contribution in [0.4, 0.5) is 0 Å². The second-order valence-electron chi connectivity index (χ2n) is 15.6. The Morgan fingerprint density at radius 3 is 2.19 bits per heavy atom. The fourth-order valence-electron chi connectivity index (χ4n) is 9.66. The van der Waals surface area contributed by atoms with Crippen molar-refractivity contribution in [3.8, 4) is 22.5 Å². The van der Waals surface area contributed by atoms with Crippen molar-refractivity contribution in [1.82, 2.24) is 9.13 Å². The van der Waals surface area contributed by atoms with Gasteiger partial charge in [0.25, 0.3) is 0 Å². The van der Waals surface area contributed by atoms with Crippen LogP contribution in [0.1, 0.15) is 61.3 Å². The molecule has 254 valence electrons. The van der Waals surface area contributed by atoms with Crippen molar-refractivity contribution < 1.29 is 0 Å². The first-order chi connectivity index (χ1) is 26.0. The largest absolute Gasteiger partial charge is 0.310 e. The quantitative estimate of drug-likeness (QED) is 0.175. The van der Waals surface area contributed by atoms with E-state index in [1.807, 2.05) is 0 Å². The second kappa shape index (κ2) is 11.4. The second-order valence-corrected chi connectivity index (χ2v) is 15.6. The summed E-state index contributed by atoms with van der Waals surface area (Å²) in [6.07, 6.45) is 15.1. The highest BCUT2D eigenvalue weighted by Gasteiger charge is 2.35. The topological polar surface area (TPSA) is 9.86 Å². The van der Waals surface area contributed by atoms with Crippen LogP contribution < -0.4 is 10.6 Å². The molecular formula is C51H40N2. The minimum atomic E-state index is -0.0454. The fourth-order valence-corrected chi connectivity index (χ4v) is 9.66. The van der Waals surface area contributed by atoms with Gasteiger partial charge in [-0.15, -0.1) is 0 Å². The van der Waals surface area contributed by atoms with E-state index < -0.39 is 0 Å². The average molecular weight is 681 g/mol. The van der Waals surface area contributed by atoms with Crippen molar-refractivity contribution in [2.75, 3.05) is 0 Å². The van der Waals surface area contributed by atoms with E-state index in [1.54, 1.807) is 0 Å². The average Bonchev–Trinajstić information content (AvgIpc) is 3.81. The highest BCUT2D eigenvalue weighted by molar-refractivity contribution is 6.09. The molecular weight excluding hydrogens is 641 g/mol. The predicted molar refractivity (Wildman–Crippen MR) is 224 cm³/mol. The van der Waals surface area contributed by atoms with Gasteiger partial charge in [-0.25, -0.2) is 0 Å². The number of allylic oxidation sites excluding steroid dienone is 4. The molecule has 0 N–H and O–H groups in total. The highest BCUT2D eigenvalue weighted by Crippen LogP contribution is 2.49. The summed E-state index contributed by atoms with van der Waals surface area (Å²) >= 11 is 0. The van der Waals surface area contributed by atoms with E-state index in [0.29, 0.717) is 0 Å². The third-order valence-corrected chi connectivity index (χ3v) is 12.3. The number of rotatable bonds is 4. The minimum absolute atomic E-state index is 0.0454. The van der Waals surface area contributed by atoms with E-state index in [1.165, 1.54) is 93.6 Å². The number of para-hydroxylation sites is 2. The Kier molecular flexibility index (Phi) is 6.58. The summed E-state index contributed by atoms with van der Waals surface area (Å²) in [7, 11) is 0. The summed E-state index contributed by atoms with van der Waals surface area (Å²) in [4.78, 5) is 0. The normalized spacial score (nSPS) is 16.9. The van der Waals surface area contributed by atoms with Crippen molar-refractivity contribution in [3.05, 3.63) is 185 Å². The molecule has 2 heteroatoms. The molecule has 0 fully saturated rings. The molecule has 0 saturated carbocycles. The van der Waals surface area contributed by atoms with Gasteiger partial charge >= 0.3 is 0 Å². The molecule has 3 aliphatic rings. The molecule has 3 aliphatic carbocycles. The molecule has 1 unspecified atom stereocenters. The van der Waals surface area contributed by atoms with Crippen molar-refractivity contribution in [1.29, 1.82) is 0 Å². The Morgan fingerprint density at radius 1 is 0.566 bits per heavy atom. The van der Waals surface area contributed by atoms with Crippen molar-refractivity contribution in [2.45, 2.75) is 44.4 Å². The Labute approximate surface area is 310 Å². The minimum Gasteiger partial charge on any atom is -0.310 e. The lowest BCUT2D eigenvalue weighted by Crippen LogP contribution is -2.31. The van der Waals surface area contributed by atoms with E-state index in [4.69, 9.17) is 0 Å². The smallest absolute Gasteiger partial charge is 0.0541 e. The van der Waals surface area contributed by atoms with Gasteiger partial charge in [-0.1, -0.05) is 129 Å². The maximum Gasteiger partial charge on any atom is 0.0541 e. The van der Waals surface area contributed by atoms with Gasteiger partial charge in [0.1, 0.15) is 0 Å². The molecule has 2 heterocycles. The zero-order valence-electron chi connectivity index (χ0n) is 30.2. The van der Waals surface area contributed by atoms with Gasteiger partial charge < -0.3 is 9.13 Å². The predicted octanol–water partition coefficient (Wildman–Crippen LogP) is 11.5. The number of hydrogen-bond donors (Lipinski definition) is 0. The van der Waals surface area contributed by atoms with Crippen LogP contribution in [-0.4, -0.2) is 9.13 Å². The first-order valence-corrected chi connectivity index (χ1v) is 19.1. The van der Waals surface area contributed by atoms with Crippen LogP contribution in [0.2, 0.25) is 0 Å². The van der Waals surface area contributed by atoms with Gasteiger partial charge in [0.05, 0.1) is 16.6 Å². The van der Waals surface area contributed by atoms with E-state index >= 15 is 0 Å². The van der Waals surface area contributed by atoms with Crippen LogP contribution in [0.3, 0.4) is 0 Å². The molecule has 0 radical (unpaired) electrons. The van der Waals surface area contributed by atoms with Crippen LogP contribution in [0.25, 0.3) is 72.9 Å². The van der Waals surface area contributed by atoms with Gasteiger partial charge in [-0.3, -0.25) is 0 Å². The van der Waals surface area contributed by atoms with E-state index in [0.717, 1.165) is 19.3 Å². The molecule has 1 atom stereocenters. The standard InChI is InChI=1S/C51H40N2/c1-51(2)45-20-9-6-17-39(45)40-26-25-38(32-46(40)51)53-48-22-11-8-19-42(48)44-31-36(24-28-50(44)53)35-23-27-49-43(30-35)41-18-7-10-21-47(41)52(49)37-16-12-15-34(29-37)33-13-4-3-5-14-33/h4,6-22,24-32,35H,3,5,23H2,1-2H3. The van der Waals surface area contributed by atoms with Crippen molar-refractivity contribution in [2.24, 2.45) is 0 Å². The lowest BCUT2D eigenvalue weighted by atomic mass is 9.82. The first-order valence-electron chi connectivity index (χ1n) is 19.1. The summed E-state index contributed by atoms with van der Waals surface area (Å²) in [5.74, 6) is 0.288. The van der Waals surface area contributed by atoms with Crippen LogP contribution >= 0.6 is 0 Å². The van der Waals surface area contributed by atoms with Gasteiger partial charge in [0.15, 0.2) is 0 Å². The monoisotopic (exact) mass is 680 g/mol. The van der Waals surface area contributed by atoms with Gasteiger partial charge in [0.2, 0.25) is 0 Å². The van der Waals surface area contributed by atoms with Crippen LogP contribution in [0.15, 0.2) is 152 Å². The molecule has 53 heavy (non-hydrogen) atoms. The Balaban J connectivity index is 1.03. The molecule has 0 amide bonds. The number of fused-ring (bicyclic) bond motifs is 9. The van der Waals surface area contributed by atoms with Gasteiger partial charge in [-0.2, -0.15) is 0 Å². The maximum atomic E-state index is 2.53. The van der Waals surface area contributed by atoms with Crippen molar-refractivity contribution >= 4 is 50.4 Å².